The molecule has 0 aromatic carbocycles. The Hall–Kier alpha value is -2.02. The van der Waals surface area contributed by atoms with Crippen LogP contribution in [0.3, 0.4) is 0 Å². The van der Waals surface area contributed by atoms with Gasteiger partial charge in [-0.3, -0.25) is 0 Å². The topological polar surface area (TPSA) is 103 Å². The van der Waals surface area contributed by atoms with Crippen LogP contribution in [0.4, 0.5) is 4.79 Å². The Labute approximate surface area is 136 Å². The number of carbonyl (C=O) groups is 2. The minimum Gasteiger partial charge on any atom is -0.609 e. The van der Waals surface area contributed by atoms with Crippen molar-refractivity contribution in [3.63, 3.8) is 0 Å². The van der Waals surface area contributed by atoms with E-state index < -0.39 is 12.1 Å². The number of hydrogen-bond acceptors (Lipinski definition) is 7. The number of allylic oxidation sites excluding steroid dienone is 1. The molecule has 0 aliphatic rings. The second-order valence-electron chi connectivity index (χ2n) is 3.64. The fourth-order valence-electron chi connectivity index (χ4n) is 0.786. The molecule has 0 aromatic rings. The number of nitrogens with zero attached hydrogens (tertiary/aromatic N) is 1. The molecule has 128 valence electrons. The van der Waals surface area contributed by atoms with Crippen molar-refractivity contribution < 1.29 is 38.9 Å². The quantitative estimate of drug-likeness (QED) is 0.103. The third-order valence-corrected chi connectivity index (χ3v) is 1.77. The van der Waals surface area contributed by atoms with E-state index >= 15 is 0 Å². The van der Waals surface area contributed by atoms with Crippen LogP contribution in [0, 0.1) is 18.6 Å². The van der Waals surface area contributed by atoms with E-state index in [9.17, 15) is 14.5 Å². The first kappa shape index (κ1) is 22.3. The first-order chi connectivity index (χ1) is 10.4. The van der Waals surface area contributed by atoms with Gasteiger partial charge in [-0.25, -0.2) is 4.79 Å². The molecule has 0 saturated heterocycles. The maximum Gasteiger partial charge on any atom is 0.475 e. The molecule has 0 radical (unpaired) electrons. The van der Waals surface area contributed by atoms with Crippen molar-refractivity contribution in [2.24, 2.45) is 5.34 Å². The van der Waals surface area contributed by atoms with Crippen LogP contribution in [0.5, 0.6) is 0 Å². The standard InChI is InChI=1S/C8H9N2O3.C5H9O3.Ni/c1-3-4-7(2)8(11)9-5-6-13-10-12;1-4(2)8-5(6)7-3;/h1-4H,5-6H2,(H,9,11);4H,3H2,1-2H3;/q2*-1;/b4-3-;;. The van der Waals surface area contributed by atoms with Crippen LogP contribution >= 0.6 is 0 Å². The van der Waals surface area contributed by atoms with Gasteiger partial charge in [0.15, 0.2) is 0 Å². The normalized spacial score (nSPS) is 9.36. The van der Waals surface area contributed by atoms with Crippen LogP contribution in [0.2, 0.25) is 0 Å². The molecular weight excluding hydrogens is 339 g/mol. The third-order valence-electron chi connectivity index (χ3n) is 1.58. The Morgan fingerprint density at radius 2 is 2.09 bits per heavy atom. The van der Waals surface area contributed by atoms with Crippen LogP contribution in [-0.4, -0.2) is 36.3 Å². The van der Waals surface area contributed by atoms with Crippen molar-refractivity contribution in [2.45, 2.75) is 20.0 Å². The van der Waals surface area contributed by atoms with E-state index in [4.69, 9.17) is 6.58 Å². The van der Waals surface area contributed by atoms with Gasteiger partial charge in [0.2, 0.25) is 0 Å². The Bertz CT molecular complexity index is 409. The van der Waals surface area contributed by atoms with E-state index in [2.05, 4.69) is 47.1 Å². The number of ether oxygens (including phenoxy) is 2. The first-order valence-corrected chi connectivity index (χ1v) is 6.50. The molecular formula is C13H18N2NiO6-2. The molecule has 0 aliphatic carbocycles. The van der Waals surface area contributed by atoms with E-state index in [1.165, 1.54) is 17.1 Å². The second-order valence-corrected chi connectivity index (χ2v) is 3.97. The van der Waals surface area contributed by atoms with E-state index in [-0.39, 0.29) is 24.8 Å². The summed E-state index contributed by atoms with van der Waals surface area (Å²) in [5.74, 6) is -0.447. The molecule has 0 unspecified atom stereocenters. The van der Waals surface area contributed by atoms with Gasteiger partial charge in [-0.05, 0) is 13.8 Å². The molecule has 0 aromatic heterocycles. The molecule has 1 N–H and O–H groups in total. The number of nitrogens with one attached hydrogen (secondary N) is 1. The van der Waals surface area contributed by atoms with Gasteiger partial charge >= 0.3 is 94.7 Å². The number of hydrogen-bond donors (Lipinski definition) is 1. The van der Waals surface area contributed by atoms with Crippen LogP contribution in [0.1, 0.15) is 13.8 Å². The molecule has 0 atom stereocenters. The Balaban J connectivity index is 0. The summed E-state index contributed by atoms with van der Waals surface area (Å²) in [7, 11) is 2.86. The summed E-state index contributed by atoms with van der Waals surface area (Å²) in [5, 5.41) is 4.56. The zero-order valence-corrected chi connectivity index (χ0v) is 13.2. The van der Waals surface area contributed by atoms with Gasteiger partial charge in [0, 0.05) is 0 Å². The fraction of sp³-hybridized carbons (Fsp3) is 0.385. The Morgan fingerprint density at radius 3 is 2.50 bits per heavy atom. The SMILES string of the molecule is [CH-]=C(/C=C\[CH]=[Ni])C(=O)NCCON=O.[CH2-]OC(=O)OC(C)C. The van der Waals surface area contributed by atoms with Gasteiger partial charge in [-0.1, -0.05) is 0 Å². The average molecular weight is 357 g/mol. The summed E-state index contributed by atoms with van der Waals surface area (Å²) in [6, 6.07) is 0. The van der Waals surface area contributed by atoms with Crippen molar-refractivity contribution in [3.8, 4) is 0 Å². The zero-order chi connectivity index (χ0) is 17.4. The minimum absolute atomic E-state index is 0.0153. The molecule has 0 rings (SSSR count). The molecule has 1 amide bonds. The fourth-order valence-corrected chi connectivity index (χ4v) is 0.881. The van der Waals surface area contributed by atoms with Gasteiger partial charge in [0.1, 0.15) is 0 Å². The Morgan fingerprint density at radius 1 is 1.45 bits per heavy atom. The molecule has 0 heterocycles. The third kappa shape index (κ3) is 16.0. The van der Waals surface area contributed by atoms with Crippen molar-refractivity contribution in [3.05, 3.63) is 36.3 Å². The number of rotatable bonds is 8. The molecule has 9 heteroatoms. The minimum atomic E-state index is -0.736. The summed E-state index contributed by atoms with van der Waals surface area (Å²) in [5.41, 5.74) is 0.0392. The van der Waals surface area contributed by atoms with Gasteiger partial charge in [0.05, 0.1) is 6.10 Å². The summed E-state index contributed by atoms with van der Waals surface area (Å²) >= 11 is 4.23. The smallest absolute Gasteiger partial charge is 0.475 e. The van der Waals surface area contributed by atoms with Crippen molar-refractivity contribution >= 4 is 17.1 Å². The van der Waals surface area contributed by atoms with Crippen LogP contribution in [-0.2, 0) is 34.1 Å². The van der Waals surface area contributed by atoms with E-state index in [0.29, 0.717) is 0 Å². The second kappa shape index (κ2) is 15.4. The molecule has 0 spiro atoms. The predicted octanol–water partition coefficient (Wildman–Crippen LogP) is 1.40. The van der Waals surface area contributed by atoms with Gasteiger partial charge in [-0.2, -0.15) is 7.11 Å². The van der Waals surface area contributed by atoms with Gasteiger partial charge in [0.25, 0.3) is 0 Å². The number of amides is 1. The number of carbonyl (C=O) groups excluding carboxylic acids is 2. The maximum absolute atomic E-state index is 11.1. The van der Waals surface area contributed by atoms with E-state index in [0.717, 1.165) is 0 Å². The van der Waals surface area contributed by atoms with Gasteiger partial charge < -0.3 is 9.47 Å². The average Bonchev–Trinajstić information content (AvgIpc) is 2.48. The molecule has 0 fully saturated rings. The van der Waals surface area contributed by atoms with E-state index in [1.54, 1.807) is 13.8 Å². The largest absolute Gasteiger partial charge is 0.609 e. The first-order valence-electron chi connectivity index (χ1n) is 5.93. The zero-order valence-electron chi connectivity index (χ0n) is 12.2. The van der Waals surface area contributed by atoms with Crippen molar-refractivity contribution in [2.75, 3.05) is 13.2 Å². The van der Waals surface area contributed by atoms with E-state index in [1.807, 2.05) is 0 Å². The van der Waals surface area contributed by atoms with Crippen molar-refractivity contribution in [1.29, 1.82) is 0 Å². The van der Waals surface area contributed by atoms with Crippen molar-refractivity contribution in [1.82, 2.24) is 5.32 Å². The molecule has 0 aliphatic heterocycles. The summed E-state index contributed by atoms with van der Waals surface area (Å²) in [4.78, 5) is 36.2. The summed E-state index contributed by atoms with van der Waals surface area (Å²) in [6.45, 7) is 9.00. The molecule has 22 heavy (non-hydrogen) atoms. The van der Waals surface area contributed by atoms with Crippen LogP contribution in [0.25, 0.3) is 0 Å². The van der Waals surface area contributed by atoms with Crippen LogP contribution in [0.15, 0.2) is 23.1 Å². The van der Waals surface area contributed by atoms with Crippen LogP contribution < -0.4 is 5.32 Å². The molecule has 0 bridgehead atoms. The molecule has 8 nitrogen and oxygen atoms in total. The maximum atomic E-state index is 11.1. The summed E-state index contributed by atoms with van der Waals surface area (Å²) < 4.78 is 8.43. The predicted molar refractivity (Wildman–Crippen MR) is 75.8 cm³/mol. The Kier molecular flexibility index (Phi) is 15.6. The van der Waals surface area contributed by atoms with Gasteiger partial charge in [-0.15, -0.1) is 0 Å². The monoisotopic (exact) mass is 356 g/mol. The molecule has 0 saturated carbocycles. The summed E-state index contributed by atoms with van der Waals surface area (Å²) in [6.07, 6.45) is 2.00.